The molecule has 0 aromatic carbocycles. The largest absolute Gasteiger partial charge is 0.412 e. The fourth-order valence-electron chi connectivity index (χ4n) is 2.46. The standard InChI is InChI=1S/C16H34O4S.H3N.H2O/c1-2-3-4-5-6-7-8-9-10-11-12-13-14-15-16-20-21(17,18)19;;/h2-16H2,1H3,(H,17,18,19);1H3;1H2. The fraction of sp³-hybridized carbons (Fsp3) is 1.00. The van der Waals surface area contributed by atoms with Gasteiger partial charge in [0.2, 0.25) is 0 Å². The summed E-state index contributed by atoms with van der Waals surface area (Å²) in [6.45, 7) is 2.35. The maximum Gasteiger partial charge on any atom is 0.397 e. The van der Waals surface area contributed by atoms with Crippen molar-refractivity contribution in [1.29, 1.82) is 0 Å². The summed E-state index contributed by atoms with van der Waals surface area (Å²) in [7, 11) is -4.24. The van der Waals surface area contributed by atoms with E-state index in [1.54, 1.807) is 0 Å². The van der Waals surface area contributed by atoms with Gasteiger partial charge in [-0.25, -0.2) is 4.18 Å². The van der Waals surface area contributed by atoms with Gasteiger partial charge in [0.05, 0.1) is 6.61 Å². The van der Waals surface area contributed by atoms with Crippen LogP contribution in [0.25, 0.3) is 0 Å². The normalized spacial score (nSPS) is 10.9. The zero-order valence-corrected chi connectivity index (χ0v) is 15.7. The van der Waals surface area contributed by atoms with E-state index in [0.29, 0.717) is 6.42 Å². The second-order valence-electron chi connectivity index (χ2n) is 5.85. The van der Waals surface area contributed by atoms with Crippen LogP contribution in [-0.2, 0) is 14.6 Å². The highest BCUT2D eigenvalue weighted by Crippen LogP contribution is 2.12. The van der Waals surface area contributed by atoms with Crippen molar-refractivity contribution in [3.63, 3.8) is 0 Å². The highest BCUT2D eigenvalue weighted by Gasteiger charge is 2.02. The molecule has 0 aliphatic carbocycles. The van der Waals surface area contributed by atoms with Crippen molar-refractivity contribution in [2.24, 2.45) is 0 Å². The molecular formula is C16H39NO5S. The van der Waals surface area contributed by atoms with Crippen LogP contribution in [0, 0.1) is 0 Å². The summed E-state index contributed by atoms with van der Waals surface area (Å²) in [5.41, 5.74) is 0. The molecule has 0 aromatic rings. The molecule has 0 saturated carbocycles. The maximum absolute atomic E-state index is 10.3. The van der Waals surface area contributed by atoms with E-state index < -0.39 is 10.4 Å². The SMILES string of the molecule is CCCCCCCCCCCCCCCCOS(=O)(=O)O.N.O. The van der Waals surface area contributed by atoms with Crippen LogP contribution in [0.15, 0.2) is 0 Å². The van der Waals surface area contributed by atoms with Crippen molar-refractivity contribution in [3.8, 4) is 0 Å². The smallest absolute Gasteiger partial charge is 0.397 e. The molecule has 6 nitrogen and oxygen atoms in total. The Bertz CT molecular complexity index is 310. The molecule has 0 aromatic heterocycles. The quantitative estimate of drug-likeness (QED) is 0.307. The first kappa shape index (κ1) is 27.6. The summed E-state index contributed by atoms with van der Waals surface area (Å²) in [6, 6.07) is 0. The molecule has 6 N–H and O–H groups in total. The summed E-state index contributed by atoms with van der Waals surface area (Å²) in [6.07, 6.45) is 17.6. The van der Waals surface area contributed by atoms with E-state index in [1.807, 2.05) is 0 Å². The molecule has 144 valence electrons. The third-order valence-electron chi connectivity index (χ3n) is 3.73. The number of unbranched alkanes of at least 4 members (excludes halogenated alkanes) is 13. The fourth-order valence-corrected chi connectivity index (χ4v) is 2.79. The Kier molecular flexibility index (Phi) is 23.8. The lowest BCUT2D eigenvalue weighted by molar-refractivity contribution is 0.261. The van der Waals surface area contributed by atoms with Gasteiger partial charge in [0, 0.05) is 0 Å². The maximum atomic E-state index is 10.3. The molecule has 0 bridgehead atoms. The van der Waals surface area contributed by atoms with Crippen LogP contribution in [0.5, 0.6) is 0 Å². The lowest BCUT2D eigenvalue weighted by Gasteiger charge is -2.03. The molecule has 0 rings (SSSR count). The van der Waals surface area contributed by atoms with Crippen molar-refractivity contribution in [1.82, 2.24) is 6.15 Å². The van der Waals surface area contributed by atoms with Crippen LogP contribution in [-0.4, -0.2) is 25.1 Å². The van der Waals surface area contributed by atoms with Gasteiger partial charge in [-0.2, -0.15) is 8.42 Å². The van der Waals surface area contributed by atoms with E-state index in [0.717, 1.165) is 12.8 Å². The van der Waals surface area contributed by atoms with Gasteiger partial charge in [0.25, 0.3) is 0 Å². The molecule has 0 heterocycles. The summed E-state index contributed by atoms with van der Waals surface area (Å²) in [5.74, 6) is 0. The van der Waals surface area contributed by atoms with Crippen molar-refractivity contribution in [2.75, 3.05) is 6.61 Å². The van der Waals surface area contributed by atoms with Crippen LogP contribution in [0.1, 0.15) is 96.8 Å². The molecule has 23 heavy (non-hydrogen) atoms. The van der Waals surface area contributed by atoms with E-state index >= 15 is 0 Å². The molecule has 0 amide bonds. The minimum Gasteiger partial charge on any atom is -0.412 e. The van der Waals surface area contributed by atoms with Crippen molar-refractivity contribution >= 4 is 10.4 Å². The van der Waals surface area contributed by atoms with E-state index in [2.05, 4.69) is 11.1 Å². The van der Waals surface area contributed by atoms with E-state index in [4.69, 9.17) is 4.55 Å². The summed E-state index contributed by atoms with van der Waals surface area (Å²) in [5, 5.41) is 0. The molecule has 0 unspecified atom stereocenters. The molecule has 0 aliphatic rings. The van der Waals surface area contributed by atoms with Gasteiger partial charge in [0.1, 0.15) is 0 Å². The Balaban J connectivity index is -0.00000200. The third-order valence-corrected chi connectivity index (χ3v) is 4.19. The van der Waals surface area contributed by atoms with Gasteiger partial charge in [0.15, 0.2) is 0 Å². The average Bonchev–Trinajstić information content (AvgIpc) is 2.42. The first-order valence-corrected chi connectivity index (χ1v) is 10.0. The Morgan fingerprint density at radius 2 is 1.00 bits per heavy atom. The number of rotatable bonds is 16. The monoisotopic (exact) mass is 357 g/mol. The van der Waals surface area contributed by atoms with Gasteiger partial charge < -0.3 is 11.6 Å². The van der Waals surface area contributed by atoms with Crippen LogP contribution < -0.4 is 6.15 Å². The van der Waals surface area contributed by atoms with Crippen molar-refractivity contribution in [3.05, 3.63) is 0 Å². The molecule has 7 heteroatoms. The van der Waals surface area contributed by atoms with Gasteiger partial charge >= 0.3 is 10.4 Å². The van der Waals surface area contributed by atoms with Crippen molar-refractivity contribution < 1.29 is 22.6 Å². The highest BCUT2D eigenvalue weighted by molar-refractivity contribution is 7.80. The van der Waals surface area contributed by atoms with Crippen molar-refractivity contribution in [2.45, 2.75) is 96.8 Å². The topological polar surface area (TPSA) is 130 Å². The van der Waals surface area contributed by atoms with E-state index in [-0.39, 0.29) is 18.2 Å². The van der Waals surface area contributed by atoms with Gasteiger partial charge in [-0.05, 0) is 6.42 Å². The number of hydrogen-bond acceptors (Lipinski definition) is 4. The van der Waals surface area contributed by atoms with E-state index in [1.165, 1.54) is 70.6 Å². The molecular weight excluding hydrogens is 318 g/mol. The van der Waals surface area contributed by atoms with Gasteiger partial charge in [-0.3, -0.25) is 4.55 Å². The third kappa shape index (κ3) is 27.0. The van der Waals surface area contributed by atoms with Gasteiger partial charge in [-0.15, -0.1) is 0 Å². The lowest BCUT2D eigenvalue weighted by Crippen LogP contribution is -2.04. The molecule has 0 atom stereocenters. The lowest BCUT2D eigenvalue weighted by atomic mass is 10.0. The Hall–Kier alpha value is -0.210. The molecule has 0 fully saturated rings. The number of hydrogen-bond donors (Lipinski definition) is 2. The van der Waals surface area contributed by atoms with Crippen LogP contribution in [0.4, 0.5) is 0 Å². The predicted octanol–water partition coefficient (Wildman–Crippen LogP) is 4.62. The summed E-state index contributed by atoms with van der Waals surface area (Å²) >= 11 is 0. The van der Waals surface area contributed by atoms with Crippen LogP contribution in [0.2, 0.25) is 0 Å². The molecule has 0 radical (unpaired) electrons. The average molecular weight is 358 g/mol. The minimum absolute atomic E-state index is 0. The van der Waals surface area contributed by atoms with Crippen LogP contribution >= 0.6 is 0 Å². The zero-order valence-electron chi connectivity index (χ0n) is 14.9. The van der Waals surface area contributed by atoms with E-state index in [9.17, 15) is 8.42 Å². The summed E-state index contributed by atoms with van der Waals surface area (Å²) < 4.78 is 33.2. The molecule has 0 spiro atoms. The molecule has 0 saturated heterocycles. The molecule has 0 aliphatic heterocycles. The second-order valence-corrected chi connectivity index (χ2v) is 6.94. The first-order chi connectivity index (χ1) is 10.1. The second kappa shape index (κ2) is 19.8. The Labute approximate surface area is 143 Å². The highest BCUT2D eigenvalue weighted by atomic mass is 32.3. The minimum atomic E-state index is -4.24. The Morgan fingerprint density at radius 1 is 0.696 bits per heavy atom. The van der Waals surface area contributed by atoms with Crippen LogP contribution in [0.3, 0.4) is 0 Å². The summed E-state index contributed by atoms with van der Waals surface area (Å²) in [4.78, 5) is 0. The first-order valence-electron chi connectivity index (χ1n) is 8.68. The zero-order chi connectivity index (χ0) is 15.8. The predicted molar refractivity (Wildman–Crippen MR) is 96.4 cm³/mol. The van der Waals surface area contributed by atoms with Gasteiger partial charge in [-0.1, -0.05) is 90.4 Å². The Morgan fingerprint density at radius 3 is 1.30 bits per heavy atom.